The second-order valence-corrected chi connectivity index (χ2v) is 60.3. The van der Waals surface area contributed by atoms with Crippen LogP contribution in [0.1, 0.15) is 69.4 Å². The summed E-state index contributed by atoms with van der Waals surface area (Å²) in [6.45, 7) is 2.24. The zero-order chi connectivity index (χ0) is 28.7. The molecule has 1 amide bonds. The molecule has 1 N–H and O–H groups in total. The molecule has 1 aliphatic rings. The molecule has 0 saturated heterocycles. The van der Waals surface area contributed by atoms with E-state index in [9.17, 15) is 4.79 Å². The molecular formula is C35H40Cl2HfNOSi. The van der Waals surface area contributed by atoms with Gasteiger partial charge in [-0.2, -0.15) is 0 Å². The first-order valence-electron chi connectivity index (χ1n) is 15.1. The van der Waals surface area contributed by atoms with Gasteiger partial charge >= 0.3 is 257 Å². The zero-order valence-electron chi connectivity index (χ0n) is 23.9. The minimum atomic E-state index is -5.52. The predicted octanol–water partition coefficient (Wildman–Crippen LogP) is 7.59. The molecule has 0 saturated carbocycles. The molecule has 1 aliphatic carbocycles. The van der Waals surface area contributed by atoms with Crippen LogP contribution < -0.4 is 17.0 Å². The third kappa shape index (κ3) is 6.67. The molecule has 4 aromatic carbocycles. The molecule has 0 unspecified atom stereocenters. The maximum atomic E-state index is 13.9. The third-order valence-corrected chi connectivity index (χ3v) is 56.9. The van der Waals surface area contributed by atoms with Crippen molar-refractivity contribution in [2.24, 2.45) is 0 Å². The monoisotopic (exact) mass is 768 g/mol. The van der Waals surface area contributed by atoms with Gasteiger partial charge in [0.25, 0.3) is 0 Å². The summed E-state index contributed by atoms with van der Waals surface area (Å²) in [4.78, 5) is 13.9. The van der Waals surface area contributed by atoms with Crippen LogP contribution in [0.25, 0.3) is 11.1 Å². The summed E-state index contributed by atoms with van der Waals surface area (Å²) < 4.78 is 4.53. The number of amides is 1. The quantitative estimate of drug-likeness (QED) is 0.0972. The summed E-state index contributed by atoms with van der Waals surface area (Å²) in [6, 6.07) is 35.9. The first kappa shape index (κ1) is 30.5. The molecule has 0 atom stereocenters. The topological polar surface area (TPSA) is 29.1 Å². The number of benzene rings is 4. The molecule has 5 rings (SSSR count). The van der Waals surface area contributed by atoms with Gasteiger partial charge in [0.05, 0.1) is 0 Å². The molecule has 0 fully saturated rings. The summed E-state index contributed by atoms with van der Waals surface area (Å²) in [6.07, 6.45) is 9.36. The summed E-state index contributed by atoms with van der Waals surface area (Å²) in [7, 11) is 16.4. The Morgan fingerprint density at radius 2 is 1.27 bits per heavy atom. The van der Waals surface area contributed by atoms with E-state index >= 15 is 0 Å². The zero-order valence-corrected chi connectivity index (χ0v) is 30.2. The molecule has 0 aliphatic heterocycles. The summed E-state index contributed by atoms with van der Waals surface area (Å²) in [5, 5.41) is 2.34. The standard InChI is InChI=1S/C13H9.C12H11Si.C10H21NO.2ClH.Hf/c1-3-7-12-10(5-1)9-11-6-2-4-8-13(11)12;1-3-7-11(8-4-1)13-12-9-5-2-6-10-12;1-2-3-4-5-6-7-8-9-10(11)12;;;/h1-5,7-8H,9H2;1-10,13H;2-9H2,1H3,(H2,11,12);2*1H;/q;;;;;+3/p-3. The number of halogens is 2. The van der Waals surface area contributed by atoms with E-state index in [0.717, 1.165) is 22.6 Å². The third-order valence-electron chi connectivity index (χ3n) is 8.49. The first-order valence-corrected chi connectivity index (χ1v) is 35.6. The van der Waals surface area contributed by atoms with Gasteiger partial charge in [-0.1, -0.05) is 0 Å². The summed E-state index contributed by atoms with van der Waals surface area (Å²) >= 11 is -5.52. The van der Waals surface area contributed by atoms with Crippen molar-refractivity contribution in [3.63, 3.8) is 0 Å². The van der Waals surface area contributed by atoms with Gasteiger partial charge in [-0.3, -0.25) is 0 Å². The average Bonchev–Trinajstić information content (AvgIpc) is 3.36. The molecule has 2 nitrogen and oxygen atoms in total. The van der Waals surface area contributed by atoms with Gasteiger partial charge in [0.2, 0.25) is 0 Å². The van der Waals surface area contributed by atoms with E-state index in [0.29, 0.717) is 6.42 Å². The van der Waals surface area contributed by atoms with Crippen LogP contribution in [-0.2, 0) is 26.8 Å². The fourth-order valence-corrected chi connectivity index (χ4v) is 58.9. The SMILES string of the molecule is CCCCCCCCCC(=O)[NH][Hf]([Cl])([Cl])([c]1cccc2c1Cc1ccccc1-2)[SiH](c1ccccc1)c1ccccc1. The number of carbonyl (C=O) groups is 1. The summed E-state index contributed by atoms with van der Waals surface area (Å²) in [5.41, 5.74) is 4.91. The van der Waals surface area contributed by atoms with Crippen LogP contribution in [0.3, 0.4) is 0 Å². The Kier molecular flexibility index (Phi) is 10.1. The van der Waals surface area contributed by atoms with Crippen molar-refractivity contribution < 1.29 is 20.4 Å². The van der Waals surface area contributed by atoms with E-state index < -0.39 is 21.6 Å². The van der Waals surface area contributed by atoms with Gasteiger partial charge in [-0.05, 0) is 0 Å². The average molecular weight is 768 g/mol. The molecule has 213 valence electrons. The Labute approximate surface area is 254 Å². The molecular weight excluding hydrogens is 728 g/mol. The van der Waals surface area contributed by atoms with E-state index in [1.54, 1.807) is 0 Å². The van der Waals surface area contributed by atoms with Crippen LogP contribution >= 0.6 is 17.2 Å². The van der Waals surface area contributed by atoms with Crippen LogP contribution in [0.2, 0.25) is 0 Å². The number of hydrogen-bond acceptors (Lipinski definition) is 1. The van der Waals surface area contributed by atoms with E-state index in [1.807, 2.05) is 12.1 Å². The van der Waals surface area contributed by atoms with Crippen molar-refractivity contribution in [2.75, 3.05) is 0 Å². The fraction of sp³-hybridized carbons (Fsp3) is 0.286. The summed E-state index contributed by atoms with van der Waals surface area (Å²) in [5.74, 6) is -2.36. The minimum absolute atomic E-state index is 0.00336. The Bertz CT molecular complexity index is 1440. The molecule has 4 aromatic rings. The van der Waals surface area contributed by atoms with E-state index in [-0.39, 0.29) is 5.91 Å². The first-order chi connectivity index (χ1) is 19.9. The molecule has 41 heavy (non-hydrogen) atoms. The van der Waals surface area contributed by atoms with Gasteiger partial charge in [0.15, 0.2) is 0 Å². The molecule has 6 heteroatoms. The number of hydrogen-bond donors (Lipinski definition) is 1. The number of rotatable bonds is 13. The Balaban J connectivity index is 1.57. The number of unbranched alkanes of at least 4 members (excludes halogenated alkanes) is 6. The molecule has 0 radical (unpaired) electrons. The van der Waals surface area contributed by atoms with Gasteiger partial charge in [-0.25, -0.2) is 0 Å². The van der Waals surface area contributed by atoms with Crippen molar-refractivity contribution in [3.05, 3.63) is 114 Å². The van der Waals surface area contributed by atoms with Crippen LogP contribution in [0, 0.1) is 0 Å². The Morgan fingerprint density at radius 1 is 0.707 bits per heavy atom. The normalized spacial score (nSPS) is 13.3. The molecule has 0 heterocycles. The van der Waals surface area contributed by atoms with E-state index in [2.05, 4.69) is 101 Å². The van der Waals surface area contributed by atoms with Gasteiger partial charge in [-0.15, -0.1) is 0 Å². The van der Waals surface area contributed by atoms with Crippen LogP contribution in [0.5, 0.6) is 0 Å². The van der Waals surface area contributed by atoms with Crippen LogP contribution in [0.15, 0.2) is 103 Å². The van der Waals surface area contributed by atoms with Gasteiger partial charge in [0.1, 0.15) is 0 Å². The Hall–Kier alpha value is -1.98. The molecule has 0 aromatic heterocycles. The van der Waals surface area contributed by atoms with Crippen LogP contribution in [-0.4, -0.2) is 11.9 Å². The van der Waals surface area contributed by atoms with Crippen molar-refractivity contribution >= 4 is 42.7 Å². The Morgan fingerprint density at radius 3 is 1.93 bits per heavy atom. The van der Waals surface area contributed by atoms with E-state index in [1.165, 1.54) is 64.7 Å². The van der Waals surface area contributed by atoms with Crippen molar-refractivity contribution in [1.29, 1.82) is 0 Å². The fourth-order valence-electron chi connectivity index (χ4n) is 6.51. The van der Waals surface area contributed by atoms with Gasteiger partial charge in [0, 0.05) is 0 Å². The van der Waals surface area contributed by atoms with Gasteiger partial charge < -0.3 is 0 Å². The number of fused-ring (bicyclic) bond motifs is 3. The predicted molar refractivity (Wildman–Crippen MR) is 176 cm³/mol. The van der Waals surface area contributed by atoms with Crippen molar-refractivity contribution in [2.45, 2.75) is 64.7 Å². The van der Waals surface area contributed by atoms with Crippen LogP contribution in [0.4, 0.5) is 0 Å². The molecule has 0 bridgehead atoms. The van der Waals surface area contributed by atoms with Crippen molar-refractivity contribution in [1.82, 2.24) is 3.30 Å². The number of nitrogens with one attached hydrogen (secondary N) is 1. The second-order valence-electron chi connectivity index (χ2n) is 11.4. The number of carbonyl (C=O) groups excluding carboxylic acids is 1. The second kappa shape index (κ2) is 13.5. The van der Waals surface area contributed by atoms with E-state index in [4.69, 9.17) is 17.2 Å². The molecule has 0 spiro atoms. The van der Waals surface area contributed by atoms with Crippen molar-refractivity contribution in [3.8, 4) is 11.1 Å². The maximum absolute atomic E-state index is 13.9.